The molecule has 5 rings (SSSR count). The number of rotatable bonds is 4. The number of Topliss-reactive ketones (excluding diaryl/α,β-unsaturated/α-hetero) is 1. The number of urea groups is 1. The van der Waals surface area contributed by atoms with Gasteiger partial charge in [0, 0.05) is 11.5 Å². The lowest BCUT2D eigenvalue weighted by atomic mass is 9.99. The topological polar surface area (TPSA) is 95.5 Å². The fourth-order valence-corrected chi connectivity index (χ4v) is 4.19. The Morgan fingerprint density at radius 2 is 1.42 bits per heavy atom. The van der Waals surface area contributed by atoms with Crippen LogP contribution in [0.15, 0.2) is 66.7 Å². The zero-order valence-electron chi connectivity index (χ0n) is 16.6. The first-order valence-corrected chi connectivity index (χ1v) is 10.2. The molecule has 3 aromatic rings. The Labute approximate surface area is 178 Å². The molecule has 1 fully saturated rings. The second-order valence-electron chi connectivity index (χ2n) is 7.87. The molecular weight excluding hydrogens is 392 g/mol. The van der Waals surface area contributed by atoms with Crippen molar-refractivity contribution in [2.45, 2.75) is 18.9 Å². The van der Waals surface area contributed by atoms with Crippen LogP contribution in [0.5, 0.6) is 5.75 Å². The van der Waals surface area contributed by atoms with Gasteiger partial charge in [-0.1, -0.05) is 60.7 Å². The van der Waals surface area contributed by atoms with Crippen LogP contribution < -0.4 is 10.6 Å². The number of phenolic OH excluding ortho intramolecular Hbond substituents is 1. The molecular formula is C25H20N2O4. The Morgan fingerprint density at radius 3 is 2.03 bits per heavy atom. The number of fused-ring (bicyclic) bond motifs is 3. The van der Waals surface area contributed by atoms with Gasteiger partial charge in [-0.25, -0.2) is 4.79 Å². The van der Waals surface area contributed by atoms with Gasteiger partial charge in [-0.05, 0) is 41.2 Å². The van der Waals surface area contributed by atoms with E-state index in [9.17, 15) is 19.5 Å². The Balaban J connectivity index is 1.39. The maximum Gasteiger partial charge on any atom is 0.322 e. The molecule has 0 heterocycles. The number of ketones is 1. The van der Waals surface area contributed by atoms with E-state index in [0.29, 0.717) is 0 Å². The molecule has 0 radical (unpaired) electrons. The van der Waals surface area contributed by atoms with Gasteiger partial charge in [0.15, 0.2) is 5.78 Å². The van der Waals surface area contributed by atoms with Gasteiger partial charge in [0.25, 0.3) is 5.91 Å². The molecule has 154 valence electrons. The second-order valence-corrected chi connectivity index (χ2v) is 7.87. The van der Waals surface area contributed by atoms with Gasteiger partial charge >= 0.3 is 6.03 Å². The van der Waals surface area contributed by atoms with E-state index in [4.69, 9.17) is 0 Å². The van der Waals surface area contributed by atoms with Gasteiger partial charge in [-0.3, -0.25) is 14.9 Å². The van der Waals surface area contributed by atoms with Gasteiger partial charge in [0.05, 0.1) is 11.6 Å². The van der Waals surface area contributed by atoms with Crippen LogP contribution in [0.25, 0.3) is 11.1 Å². The summed E-state index contributed by atoms with van der Waals surface area (Å²) in [5.74, 6) is -1.43. The normalized spacial score (nSPS) is 14.5. The highest BCUT2D eigenvalue weighted by atomic mass is 16.3. The van der Waals surface area contributed by atoms with Crippen LogP contribution in [0.2, 0.25) is 0 Å². The van der Waals surface area contributed by atoms with Gasteiger partial charge in [-0.15, -0.1) is 0 Å². The molecule has 31 heavy (non-hydrogen) atoms. The van der Waals surface area contributed by atoms with Crippen molar-refractivity contribution in [2.75, 3.05) is 0 Å². The Kier molecular flexibility index (Phi) is 4.55. The van der Waals surface area contributed by atoms with Crippen LogP contribution in [0.1, 0.15) is 50.7 Å². The summed E-state index contributed by atoms with van der Waals surface area (Å²) in [7, 11) is 0. The third-order valence-electron chi connectivity index (χ3n) is 5.82. The van der Waals surface area contributed by atoms with Crippen LogP contribution in [0.3, 0.4) is 0 Å². The highest BCUT2D eigenvalue weighted by Gasteiger charge is 2.34. The van der Waals surface area contributed by atoms with E-state index in [0.717, 1.165) is 35.1 Å². The summed E-state index contributed by atoms with van der Waals surface area (Å²) in [5.41, 5.74) is 3.93. The smallest absolute Gasteiger partial charge is 0.322 e. The lowest BCUT2D eigenvalue weighted by molar-refractivity contribution is 0.0928. The maximum atomic E-state index is 12.8. The highest BCUT2D eigenvalue weighted by molar-refractivity contribution is 6.14. The molecule has 6 nitrogen and oxygen atoms in total. The van der Waals surface area contributed by atoms with Crippen molar-refractivity contribution in [1.29, 1.82) is 0 Å². The average Bonchev–Trinajstić information content (AvgIpc) is 3.58. The van der Waals surface area contributed by atoms with E-state index in [1.54, 1.807) is 0 Å². The van der Waals surface area contributed by atoms with Crippen LogP contribution in [-0.2, 0) is 0 Å². The van der Waals surface area contributed by atoms with Crippen LogP contribution in [-0.4, -0.2) is 22.8 Å². The van der Waals surface area contributed by atoms with Crippen LogP contribution in [0.4, 0.5) is 4.79 Å². The van der Waals surface area contributed by atoms with E-state index < -0.39 is 18.0 Å². The van der Waals surface area contributed by atoms with E-state index in [2.05, 4.69) is 10.6 Å². The Hall–Kier alpha value is -3.93. The molecule has 0 atom stereocenters. The van der Waals surface area contributed by atoms with Crippen LogP contribution >= 0.6 is 0 Å². The number of hydrogen-bond acceptors (Lipinski definition) is 4. The largest absolute Gasteiger partial charge is 0.507 e. The first-order chi connectivity index (χ1) is 15.0. The van der Waals surface area contributed by atoms with Gasteiger partial charge in [0.1, 0.15) is 5.75 Å². The van der Waals surface area contributed by atoms with Gasteiger partial charge < -0.3 is 10.4 Å². The Morgan fingerprint density at radius 1 is 0.806 bits per heavy atom. The molecule has 3 aromatic carbocycles. The van der Waals surface area contributed by atoms with Crippen molar-refractivity contribution in [3.8, 4) is 16.9 Å². The minimum atomic E-state index is -0.806. The zero-order chi connectivity index (χ0) is 21.5. The first kappa shape index (κ1) is 19.1. The zero-order valence-corrected chi connectivity index (χ0v) is 16.6. The van der Waals surface area contributed by atoms with E-state index in [-0.39, 0.29) is 28.6 Å². The van der Waals surface area contributed by atoms with Crippen molar-refractivity contribution in [3.05, 3.63) is 89.0 Å². The van der Waals surface area contributed by atoms with E-state index >= 15 is 0 Å². The number of amides is 3. The fourth-order valence-electron chi connectivity index (χ4n) is 4.19. The molecule has 0 spiro atoms. The summed E-state index contributed by atoms with van der Waals surface area (Å²) in [5, 5.41) is 15.4. The third kappa shape index (κ3) is 3.36. The highest BCUT2D eigenvalue weighted by Crippen LogP contribution is 2.43. The SMILES string of the molecule is O=C(NC(=O)c1c(O)cccc1C(=O)C1CC1)NC1c2ccccc2-c2ccccc21. The average molecular weight is 412 g/mol. The number of phenols is 1. The summed E-state index contributed by atoms with van der Waals surface area (Å²) < 4.78 is 0. The van der Waals surface area contributed by atoms with Crippen molar-refractivity contribution in [1.82, 2.24) is 10.6 Å². The van der Waals surface area contributed by atoms with Gasteiger partial charge in [0.2, 0.25) is 0 Å². The monoisotopic (exact) mass is 412 g/mol. The van der Waals surface area contributed by atoms with E-state index in [1.807, 2.05) is 48.5 Å². The second kappa shape index (κ2) is 7.40. The predicted octanol–water partition coefficient (Wildman–Crippen LogP) is 4.19. The number of carbonyl (C=O) groups is 3. The maximum absolute atomic E-state index is 12.8. The Bertz CT molecular complexity index is 1180. The minimum Gasteiger partial charge on any atom is -0.507 e. The lowest BCUT2D eigenvalue weighted by Crippen LogP contribution is -2.41. The summed E-state index contributed by atoms with van der Waals surface area (Å²) in [6.07, 6.45) is 1.55. The predicted molar refractivity (Wildman–Crippen MR) is 115 cm³/mol. The van der Waals surface area contributed by atoms with Crippen molar-refractivity contribution in [2.24, 2.45) is 5.92 Å². The minimum absolute atomic E-state index is 0.117. The number of nitrogens with one attached hydrogen (secondary N) is 2. The molecule has 2 aliphatic rings. The summed E-state index contributed by atoms with van der Waals surface area (Å²) in [4.78, 5) is 38.1. The van der Waals surface area contributed by atoms with Crippen molar-refractivity contribution < 1.29 is 19.5 Å². The molecule has 0 aromatic heterocycles. The molecule has 6 heteroatoms. The number of benzene rings is 3. The standard InChI is InChI=1S/C25H20N2O4/c28-20-11-5-10-19(23(29)14-12-13-14)21(20)24(30)27-25(31)26-22-17-8-3-1-6-15(17)16-7-2-4-9-18(16)22/h1-11,14,22,28H,12-13H2,(H2,26,27,30,31). The molecule has 0 saturated heterocycles. The lowest BCUT2D eigenvalue weighted by Gasteiger charge is -2.17. The number of hydrogen-bond donors (Lipinski definition) is 3. The van der Waals surface area contributed by atoms with Gasteiger partial charge in [-0.2, -0.15) is 0 Å². The molecule has 0 bridgehead atoms. The quantitative estimate of drug-likeness (QED) is 0.560. The first-order valence-electron chi connectivity index (χ1n) is 10.2. The fraction of sp³-hybridized carbons (Fsp3) is 0.160. The molecule has 3 amide bonds. The van der Waals surface area contributed by atoms with E-state index in [1.165, 1.54) is 18.2 Å². The molecule has 2 aliphatic carbocycles. The van der Waals surface area contributed by atoms with Crippen molar-refractivity contribution in [3.63, 3.8) is 0 Å². The van der Waals surface area contributed by atoms with Crippen LogP contribution in [0, 0.1) is 5.92 Å². The number of imide groups is 1. The van der Waals surface area contributed by atoms with Crippen molar-refractivity contribution >= 4 is 17.7 Å². The molecule has 1 saturated carbocycles. The summed E-state index contributed by atoms with van der Waals surface area (Å²) in [6.45, 7) is 0. The number of carbonyl (C=O) groups excluding carboxylic acids is 3. The molecule has 3 N–H and O–H groups in total. The summed E-state index contributed by atoms with van der Waals surface area (Å²) >= 11 is 0. The number of aromatic hydroxyl groups is 1. The summed E-state index contributed by atoms with van der Waals surface area (Å²) in [6, 6.07) is 18.8. The third-order valence-corrected chi connectivity index (χ3v) is 5.82. The molecule has 0 unspecified atom stereocenters. The molecule has 0 aliphatic heterocycles.